The van der Waals surface area contributed by atoms with Crippen molar-refractivity contribution in [2.45, 2.75) is 38.9 Å². The van der Waals surface area contributed by atoms with Gasteiger partial charge in [0.15, 0.2) is 11.5 Å². The fraction of sp³-hybridized carbons (Fsp3) is 0.286. The highest BCUT2D eigenvalue weighted by Gasteiger charge is 2.16. The predicted octanol–water partition coefficient (Wildman–Crippen LogP) is 1.79. The summed E-state index contributed by atoms with van der Waals surface area (Å²) in [6.45, 7) is 1.52. The smallest absolute Gasteiger partial charge is 0.331 e. The van der Waals surface area contributed by atoms with E-state index in [-0.39, 0.29) is 11.7 Å². The molecule has 10 nitrogen and oxygen atoms in total. The van der Waals surface area contributed by atoms with Crippen LogP contribution in [0.25, 0.3) is 5.65 Å². The number of hydrogen-bond donors (Lipinski definition) is 2. The minimum Gasteiger partial charge on any atom is -0.331 e. The van der Waals surface area contributed by atoms with Crippen molar-refractivity contribution in [3.63, 3.8) is 0 Å². The van der Waals surface area contributed by atoms with E-state index in [0.29, 0.717) is 24.4 Å². The molecular weight excluding hydrogens is 396 g/mol. The average Bonchev–Trinajstić information content (AvgIpc) is 3.34. The van der Waals surface area contributed by atoms with Crippen LogP contribution in [0.3, 0.4) is 0 Å². The lowest BCUT2D eigenvalue weighted by atomic mass is 10.2. The van der Waals surface area contributed by atoms with E-state index < -0.39 is 0 Å². The number of urea groups is 1. The first-order valence-electron chi connectivity index (χ1n) is 10.3. The Morgan fingerprint density at radius 2 is 2.03 bits per heavy atom. The van der Waals surface area contributed by atoms with Gasteiger partial charge in [0.1, 0.15) is 5.82 Å². The lowest BCUT2D eigenvalue weighted by molar-refractivity contribution is 0.251. The van der Waals surface area contributed by atoms with Crippen LogP contribution < -0.4 is 16.3 Å². The molecule has 1 aliphatic rings. The number of nitrogens with one attached hydrogen (secondary N) is 2. The van der Waals surface area contributed by atoms with Crippen LogP contribution in [0, 0.1) is 0 Å². The van der Waals surface area contributed by atoms with Gasteiger partial charge < -0.3 is 15.2 Å². The highest BCUT2D eigenvalue weighted by atomic mass is 16.2. The number of anilines is 1. The molecule has 1 aromatic carbocycles. The molecule has 0 fully saturated rings. The number of pyridine rings is 1. The van der Waals surface area contributed by atoms with Gasteiger partial charge >= 0.3 is 11.7 Å². The number of amides is 2. The monoisotopic (exact) mass is 418 g/mol. The third-order valence-corrected chi connectivity index (χ3v) is 5.35. The van der Waals surface area contributed by atoms with Gasteiger partial charge in [0.2, 0.25) is 0 Å². The van der Waals surface area contributed by atoms with Gasteiger partial charge in [-0.15, -0.1) is 15.3 Å². The number of carbonyl (C=O) groups excluding carboxylic acids is 1. The normalized spacial score (nSPS) is 13.2. The van der Waals surface area contributed by atoms with Gasteiger partial charge in [-0.05, 0) is 42.7 Å². The molecule has 0 aliphatic carbocycles. The summed E-state index contributed by atoms with van der Waals surface area (Å²) < 4.78 is 4.98. The van der Waals surface area contributed by atoms with Crippen LogP contribution in [-0.2, 0) is 26.1 Å². The van der Waals surface area contributed by atoms with E-state index >= 15 is 0 Å². The Hall–Kier alpha value is -3.95. The number of benzene rings is 1. The molecule has 0 atom stereocenters. The number of rotatable bonds is 5. The highest BCUT2D eigenvalue weighted by Crippen LogP contribution is 2.14. The second kappa shape index (κ2) is 8.05. The Labute approximate surface area is 177 Å². The van der Waals surface area contributed by atoms with E-state index in [0.717, 1.165) is 43.0 Å². The highest BCUT2D eigenvalue weighted by molar-refractivity contribution is 5.89. The molecular formula is C21H22N8O2. The van der Waals surface area contributed by atoms with E-state index in [1.807, 2.05) is 24.3 Å². The Morgan fingerprint density at radius 3 is 2.94 bits per heavy atom. The summed E-state index contributed by atoms with van der Waals surface area (Å²) in [6, 6.07) is 12.4. The van der Waals surface area contributed by atoms with Crippen molar-refractivity contribution < 1.29 is 4.79 Å². The number of nitrogens with zero attached hydrogens (tertiary/aromatic N) is 6. The third-order valence-electron chi connectivity index (χ3n) is 5.35. The quantitative estimate of drug-likeness (QED) is 0.513. The van der Waals surface area contributed by atoms with Crippen molar-refractivity contribution in [2.75, 3.05) is 5.32 Å². The minimum atomic E-state index is -0.324. The molecule has 31 heavy (non-hydrogen) atoms. The first-order valence-corrected chi connectivity index (χ1v) is 10.3. The zero-order valence-corrected chi connectivity index (χ0v) is 16.9. The van der Waals surface area contributed by atoms with Crippen molar-refractivity contribution in [3.8, 4) is 0 Å². The number of fused-ring (bicyclic) bond motifs is 2. The first kappa shape index (κ1) is 19.0. The van der Waals surface area contributed by atoms with Crippen molar-refractivity contribution >= 4 is 17.4 Å². The van der Waals surface area contributed by atoms with Gasteiger partial charge in [-0.2, -0.15) is 0 Å². The van der Waals surface area contributed by atoms with Crippen LogP contribution in [0.15, 0.2) is 53.5 Å². The second-order valence-electron chi connectivity index (χ2n) is 7.52. The molecule has 0 saturated carbocycles. The van der Waals surface area contributed by atoms with Crippen LogP contribution >= 0.6 is 0 Å². The van der Waals surface area contributed by atoms with E-state index in [9.17, 15) is 9.59 Å². The second-order valence-corrected chi connectivity index (χ2v) is 7.52. The molecule has 0 bridgehead atoms. The van der Waals surface area contributed by atoms with E-state index in [4.69, 9.17) is 0 Å². The van der Waals surface area contributed by atoms with Crippen molar-refractivity contribution in [1.82, 2.24) is 34.3 Å². The Kier molecular flexibility index (Phi) is 4.95. The van der Waals surface area contributed by atoms with E-state index in [1.54, 1.807) is 24.4 Å². The summed E-state index contributed by atoms with van der Waals surface area (Å²) in [4.78, 5) is 24.8. The van der Waals surface area contributed by atoms with Gasteiger partial charge in [-0.1, -0.05) is 18.2 Å². The molecule has 2 N–H and O–H groups in total. The van der Waals surface area contributed by atoms with Crippen LogP contribution in [0.1, 0.15) is 30.1 Å². The van der Waals surface area contributed by atoms with Crippen molar-refractivity contribution in [3.05, 3.63) is 76.4 Å². The fourth-order valence-corrected chi connectivity index (χ4v) is 3.83. The SMILES string of the molecule is O=C(NCc1nnc2n1CCCC2)Nc1cccc(Cn2nc3ccccn3c2=O)c1. The standard InChI is InChI=1S/C21H22N8O2/c30-20(22-13-19-25-24-17-8-1-3-10-27(17)19)23-16-7-5-6-15(12-16)14-29-21(31)28-11-4-2-9-18(28)26-29/h2,4-7,9,11-12H,1,3,8,10,13-14H2,(H2,22,23,30). The average molecular weight is 418 g/mol. The van der Waals surface area contributed by atoms with Crippen LogP contribution in [0.2, 0.25) is 0 Å². The summed E-state index contributed by atoms with van der Waals surface area (Å²) in [5.41, 5.74) is 1.88. The van der Waals surface area contributed by atoms with Crippen molar-refractivity contribution in [1.29, 1.82) is 0 Å². The minimum absolute atomic E-state index is 0.205. The molecule has 10 heteroatoms. The first-order chi connectivity index (χ1) is 15.2. The van der Waals surface area contributed by atoms with Crippen molar-refractivity contribution in [2.24, 2.45) is 0 Å². The van der Waals surface area contributed by atoms with Gasteiger partial charge in [0.25, 0.3) is 0 Å². The molecule has 0 unspecified atom stereocenters. The number of hydrogen-bond acceptors (Lipinski definition) is 5. The summed E-state index contributed by atoms with van der Waals surface area (Å²) in [7, 11) is 0. The molecule has 0 spiro atoms. The number of aromatic nitrogens is 6. The van der Waals surface area contributed by atoms with Crippen LogP contribution in [0.4, 0.5) is 10.5 Å². The molecule has 5 rings (SSSR count). The summed E-state index contributed by atoms with van der Waals surface area (Å²) in [5.74, 6) is 1.75. The van der Waals surface area contributed by atoms with Crippen LogP contribution in [-0.4, -0.2) is 35.0 Å². The maximum atomic E-state index is 12.5. The van der Waals surface area contributed by atoms with E-state index in [1.165, 1.54) is 9.08 Å². The third kappa shape index (κ3) is 3.91. The van der Waals surface area contributed by atoms with Gasteiger partial charge in [-0.3, -0.25) is 4.40 Å². The largest absolute Gasteiger partial charge is 0.350 e. The Morgan fingerprint density at radius 1 is 1.10 bits per heavy atom. The fourth-order valence-electron chi connectivity index (χ4n) is 3.83. The molecule has 4 heterocycles. The molecule has 4 aromatic rings. The molecule has 0 radical (unpaired) electrons. The maximum absolute atomic E-state index is 12.5. The Balaban J connectivity index is 1.23. The molecule has 1 aliphatic heterocycles. The number of carbonyl (C=O) groups is 1. The molecule has 3 aromatic heterocycles. The zero-order valence-electron chi connectivity index (χ0n) is 16.9. The summed E-state index contributed by atoms with van der Waals surface area (Å²) in [5, 5.41) is 18.4. The molecule has 2 amide bonds. The lowest BCUT2D eigenvalue weighted by Crippen LogP contribution is -2.30. The van der Waals surface area contributed by atoms with E-state index in [2.05, 4.69) is 30.5 Å². The topological polar surface area (TPSA) is 111 Å². The Bertz CT molecular complexity index is 1300. The lowest BCUT2D eigenvalue weighted by Gasteiger charge is -2.15. The number of aryl methyl sites for hydroxylation is 1. The van der Waals surface area contributed by atoms with Gasteiger partial charge in [-0.25, -0.2) is 14.3 Å². The summed E-state index contributed by atoms with van der Waals surface area (Å²) in [6.07, 6.45) is 4.85. The maximum Gasteiger partial charge on any atom is 0.350 e. The predicted molar refractivity (Wildman–Crippen MR) is 114 cm³/mol. The molecule has 158 valence electrons. The van der Waals surface area contributed by atoms with Crippen LogP contribution in [0.5, 0.6) is 0 Å². The van der Waals surface area contributed by atoms with Gasteiger partial charge in [0, 0.05) is 24.8 Å². The zero-order chi connectivity index (χ0) is 21.2. The van der Waals surface area contributed by atoms with Gasteiger partial charge in [0.05, 0.1) is 13.1 Å². The molecule has 0 saturated heterocycles. The summed E-state index contributed by atoms with van der Waals surface area (Å²) >= 11 is 0.